The maximum absolute atomic E-state index is 12.9. The smallest absolute Gasteiger partial charge is 0.229 e. The van der Waals surface area contributed by atoms with E-state index in [0.29, 0.717) is 6.54 Å². The van der Waals surface area contributed by atoms with Crippen LogP contribution in [0.25, 0.3) is 10.3 Å². The second-order valence-corrected chi connectivity index (χ2v) is 7.82. The zero-order chi connectivity index (χ0) is 18.1. The maximum atomic E-state index is 12.9. The first-order valence-corrected chi connectivity index (χ1v) is 9.77. The molecule has 1 unspecified atom stereocenters. The quantitative estimate of drug-likeness (QED) is 0.756. The van der Waals surface area contributed by atoms with Crippen molar-refractivity contribution in [3.8, 4) is 0 Å². The van der Waals surface area contributed by atoms with E-state index in [1.54, 1.807) is 17.5 Å². The number of carbonyl (C=O) groups excluding carboxylic acids is 1. The summed E-state index contributed by atoms with van der Waals surface area (Å²) >= 11 is 1.60. The summed E-state index contributed by atoms with van der Waals surface area (Å²) < 4.78 is 0. The van der Waals surface area contributed by atoms with Crippen LogP contribution in [0.4, 0.5) is 10.8 Å². The zero-order valence-electron chi connectivity index (χ0n) is 15.0. The van der Waals surface area contributed by atoms with E-state index in [2.05, 4.69) is 15.2 Å². The first-order valence-electron chi connectivity index (χ1n) is 8.95. The minimum atomic E-state index is -0.0253. The number of aromatic nitrogens is 2. The number of pyridine rings is 1. The molecule has 134 valence electrons. The molecule has 1 N–H and O–H groups in total. The Hall–Kier alpha value is -2.47. The monoisotopic (exact) mass is 366 g/mol. The summed E-state index contributed by atoms with van der Waals surface area (Å²) in [4.78, 5) is 25.1. The molecule has 1 fully saturated rings. The lowest BCUT2D eigenvalue weighted by Gasteiger charge is -2.32. The van der Waals surface area contributed by atoms with Gasteiger partial charge in [-0.25, -0.2) is 9.97 Å². The van der Waals surface area contributed by atoms with Crippen molar-refractivity contribution in [2.24, 2.45) is 5.92 Å². The van der Waals surface area contributed by atoms with E-state index in [1.807, 2.05) is 44.2 Å². The lowest BCUT2D eigenvalue weighted by molar-refractivity contribution is -0.120. The molecule has 0 spiro atoms. The maximum Gasteiger partial charge on any atom is 0.229 e. The van der Waals surface area contributed by atoms with E-state index in [-0.39, 0.29) is 11.8 Å². The molecule has 1 saturated heterocycles. The molecule has 3 aromatic rings. The predicted octanol–water partition coefficient (Wildman–Crippen LogP) is 4.16. The molecule has 1 aliphatic heterocycles. The number of thiazole rings is 1. The van der Waals surface area contributed by atoms with Crippen molar-refractivity contribution >= 4 is 38.4 Å². The Labute approximate surface area is 157 Å². The molecule has 4 rings (SSSR count). The molecule has 2 aromatic heterocycles. The van der Waals surface area contributed by atoms with Gasteiger partial charge in [0.1, 0.15) is 10.3 Å². The lowest BCUT2D eigenvalue weighted by Crippen LogP contribution is -2.40. The van der Waals surface area contributed by atoms with Crippen LogP contribution in [0.3, 0.4) is 0 Å². The SMILES string of the molecule is Cc1cccc(C)c1NC(=O)C1CCCN(c2nc3cccnc3s2)C1. The molecule has 0 bridgehead atoms. The molecule has 26 heavy (non-hydrogen) atoms. The lowest BCUT2D eigenvalue weighted by atomic mass is 9.97. The Bertz CT molecular complexity index is 899. The number of rotatable bonds is 3. The molecular formula is C20H22N4OS. The molecule has 0 saturated carbocycles. The second-order valence-electron chi connectivity index (χ2n) is 6.87. The number of aryl methyl sites for hydroxylation is 2. The zero-order valence-corrected chi connectivity index (χ0v) is 15.8. The molecule has 3 heterocycles. The Morgan fingerprint density at radius 1 is 1.23 bits per heavy atom. The van der Waals surface area contributed by atoms with Crippen molar-refractivity contribution in [3.05, 3.63) is 47.7 Å². The van der Waals surface area contributed by atoms with Crippen LogP contribution in [-0.4, -0.2) is 29.0 Å². The van der Waals surface area contributed by atoms with Crippen molar-refractivity contribution in [1.29, 1.82) is 0 Å². The van der Waals surface area contributed by atoms with Gasteiger partial charge in [-0.3, -0.25) is 4.79 Å². The molecule has 1 aliphatic rings. The summed E-state index contributed by atoms with van der Waals surface area (Å²) in [6, 6.07) is 9.97. The molecule has 6 heteroatoms. The minimum Gasteiger partial charge on any atom is -0.347 e. The fourth-order valence-electron chi connectivity index (χ4n) is 3.50. The van der Waals surface area contributed by atoms with Gasteiger partial charge in [0.25, 0.3) is 0 Å². The van der Waals surface area contributed by atoms with Gasteiger partial charge in [0.05, 0.1) is 5.92 Å². The third-order valence-electron chi connectivity index (χ3n) is 4.95. The van der Waals surface area contributed by atoms with E-state index in [0.717, 1.165) is 51.7 Å². The fourth-order valence-corrected chi connectivity index (χ4v) is 4.44. The van der Waals surface area contributed by atoms with Crippen molar-refractivity contribution in [1.82, 2.24) is 9.97 Å². The summed E-state index contributed by atoms with van der Waals surface area (Å²) in [6.45, 7) is 5.71. The number of piperidine rings is 1. The summed E-state index contributed by atoms with van der Waals surface area (Å²) in [5.41, 5.74) is 4.07. The average molecular weight is 366 g/mol. The van der Waals surface area contributed by atoms with E-state index < -0.39 is 0 Å². The van der Waals surface area contributed by atoms with Gasteiger partial charge in [-0.05, 0) is 49.9 Å². The number of hydrogen-bond donors (Lipinski definition) is 1. The van der Waals surface area contributed by atoms with Gasteiger partial charge < -0.3 is 10.2 Å². The van der Waals surface area contributed by atoms with Crippen LogP contribution in [0.15, 0.2) is 36.5 Å². The summed E-state index contributed by atoms with van der Waals surface area (Å²) in [5.74, 6) is 0.0778. The largest absolute Gasteiger partial charge is 0.347 e. The number of nitrogens with zero attached hydrogens (tertiary/aromatic N) is 3. The number of benzene rings is 1. The highest BCUT2D eigenvalue weighted by Crippen LogP contribution is 2.31. The van der Waals surface area contributed by atoms with Crippen molar-refractivity contribution in [3.63, 3.8) is 0 Å². The van der Waals surface area contributed by atoms with Crippen molar-refractivity contribution < 1.29 is 4.79 Å². The molecule has 1 atom stereocenters. The van der Waals surface area contributed by atoms with E-state index in [9.17, 15) is 4.79 Å². The predicted molar refractivity (Wildman–Crippen MR) is 107 cm³/mol. The van der Waals surface area contributed by atoms with Crippen LogP contribution in [-0.2, 0) is 4.79 Å². The number of amides is 1. The summed E-state index contributed by atoms with van der Waals surface area (Å²) in [5, 5.41) is 4.11. The normalized spacial score (nSPS) is 17.5. The van der Waals surface area contributed by atoms with Crippen molar-refractivity contribution in [2.45, 2.75) is 26.7 Å². The minimum absolute atomic E-state index is 0.0253. The third kappa shape index (κ3) is 3.29. The van der Waals surface area contributed by atoms with E-state index in [4.69, 9.17) is 4.98 Å². The topological polar surface area (TPSA) is 58.1 Å². The Balaban J connectivity index is 1.50. The molecule has 5 nitrogen and oxygen atoms in total. The Morgan fingerprint density at radius 2 is 2.04 bits per heavy atom. The van der Waals surface area contributed by atoms with E-state index in [1.165, 1.54) is 0 Å². The first kappa shape index (κ1) is 17.0. The van der Waals surface area contributed by atoms with Crippen LogP contribution in [0.5, 0.6) is 0 Å². The van der Waals surface area contributed by atoms with Crippen LogP contribution in [0.2, 0.25) is 0 Å². The van der Waals surface area contributed by atoms with Gasteiger partial charge in [-0.2, -0.15) is 0 Å². The van der Waals surface area contributed by atoms with Crippen LogP contribution in [0.1, 0.15) is 24.0 Å². The molecule has 0 radical (unpaired) electrons. The number of carbonyl (C=O) groups is 1. The molecule has 1 amide bonds. The molecule has 1 aromatic carbocycles. The van der Waals surface area contributed by atoms with Crippen molar-refractivity contribution in [2.75, 3.05) is 23.3 Å². The van der Waals surface area contributed by atoms with Gasteiger partial charge in [-0.15, -0.1) is 0 Å². The number of para-hydroxylation sites is 1. The Morgan fingerprint density at radius 3 is 2.81 bits per heavy atom. The molecular weight excluding hydrogens is 344 g/mol. The highest BCUT2D eigenvalue weighted by atomic mass is 32.1. The number of nitrogens with one attached hydrogen (secondary N) is 1. The van der Waals surface area contributed by atoms with Gasteiger partial charge >= 0.3 is 0 Å². The van der Waals surface area contributed by atoms with E-state index >= 15 is 0 Å². The summed E-state index contributed by atoms with van der Waals surface area (Å²) in [7, 11) is 0. The number of fused-ring (bicyclic) bond motifs is 1. The third-order valence-corrected chi connectivity index (χ3v) is 5.99. The average Bonchev–Trinajstić information content (AvgIpc) is 3.09. The molecule has 0 aliphatic carbocycles. The number of anilines is 2. The van der Waals surface area contributed by atoms with Crippen LogP contribution >= 0.6 is 11.3 Å². The fraction of sp³-hybridized carbons (Fsp3) is 0.350. The van der Waals surface area contributed by atoms with Gasteiger partial charge in [0, 0.05) is 25.0 Å². The van der Waals surface area contributed by atoms with Crippen LogP contribution in [0, 0.1) is 19.8 Å². The van der Waals surface area contributed by atoms with Gasteiger partial charge in [-0.1, -0.05) is 29.5 Å². The van der Waals surface area contributed by atoms with Crippen LogP contribution < -0.4 is 10.2 Å². The second kappa shape index (κ2) is 7.03. The Kier molecular flexibility index (Phi) is 4.59. The van der Waals surface area contributed by atoms with Gasteiger partial charge in [0.2, 0.25) is 5.91 Å². The highest BCUT2D eigenvalue weighted by Gasteiger charge is 2.28. The first-order chi connectivity index (χ1) is 12.6. The summed E-state index contributed by atoms with van der Waals surface area (Å²) in [6.07, 6.45) is 3.70. The highest BCUT2D eigenvalue weighted by molar-refractivity contribution is 7.21. The standard InChI is InChI=1S/C20H22N4OS/c1-13-6-3-7-14(2)17(13)23-18(25)15-8-5-11-24(12-15)20-22-16-9-4-10-21-19(16)26-20/h3-4,6-7,9-10,15H,5,8,11-12H2,1-2H3,(H,23,25). The van der Waals surface area contributed by atoms with Gasteiger partial charge in [0.15, 0.2) is 5.13 Å². The number of hydrogen-bond acceptors (Lipinski definition) is 5.